The Kier molecular flexibility index (Phi) is 4.20. The number of amides is 1. The van der Waals surface area contributed by atoms with E-state index in [0.29, 0.717) is 6.61 Å². The summed E-state index contributed by atoms with van der Waals surface area (Å²) in [5.74, 6) is -0.00378. The second kappa shape index (κ2) is 6.26. The first-order valence-corrected chi connectivity index (χ1v) is 7.50. The molecule has 2 saturated heterocycles. The number of carbonyl (C=O) groups excluding carboxylic acids is 2. The monoisotopic (exact) mass is 288 g/mol. The first kappa shape index (κ1) is 14.1. The van der Waals surface area contributed by atoms with Crippen molar-refractivity contribution < 1.29 is 14.3 Å². The van der Waals surface area contributed by atoms with E-state index in [9.17, 15) is 9.59 Å². The maximum Gasteiger partial charge on any atom is 0.323 e. The Bertz CT molecular complexity index is 510. The Morgan fingerprint density at radius 1 is 1.14 bits per heavy atom. The zero-order valence-corrected chi connectivity index (χ0v) is 12.0. The molecule has 3 rings (SSSR count). The highest BCUT2D eigenvalue weighted by molar-refractivity contribution is 5.92. The Balaban J connectivity index is 1.51. The molecular formula is C16H20N2O3. The number of anilines is 1. The van der Waals surface area contributed by atoms with Gasteiger partial charge in [0.25, 0.3) is 0 Å². The smallest absolute Gasteiger partial charge is 0.323 e. The summed E-state index contributed by atoms with van der Waals surface area (Å²) in [5, 5.41) is 2.96. The van der Waals surface area contributed by atoms with Crippen LogP contribution in [0.3, 0.4) is 0 Å². The van der Waals surface area contributed by atoms with Gasteiger partial charge in [0.05, 0.1) is 6.61 Å². The number of para-hydroxylation sites is 1. The minimum atomic E-state index is -0.109. The summed E-state index contributed by atoms with van der Waals surface area (Å²) in [7, 11) is 0. The molecule has 0 aliphatic carbocycles. The van der Waals surface area contributed by atoms with Crippen LogP contribution in [0.4, 0.5) is 5.69 Å². The molecule has 0 saturated carbocycles. The molecule has 0 radical (unpaired) electrons. The van der Waals surface area contributed by atoms with Gasteiger partial charge in [0.1, 0.15) is 6.04 Å². The van der Waals surface area contributed by atoms with Gasteiger partial charge in [-0.2, -0.15) is 0 Å². The Labute approximate surface area is 124 Å². The highest BCUT2D eigenvalue weighted by Gasteiger charge is 2.35. The summed E-state index contributed by atoms with van der Waals surface area (Å²) in [5.41, 5.74) is 0.837. The van der Waals surface area contributed by atoms with Gasteiger partial charge in [-0.05, 0) is 38.1 Å². The Morgan fingerprint density at radius 3 is 2.48 bits per heavy atom. The summed E-state index contributed by atoms with van der Waals surface area (Å²) in [6.07, 6.45) is 2.37. The molecule has 1 aromatic carbocycles. The van der Waals surface area contributed by atoms with Gasteiger partial charge in [0.2, 0.25) is 5.91 Å². The molecule has 1 atom stereocenters. The maximum absolute atomic E-state index is 12.2. The van der Waals surface area contributed by atoms with Crippen LogP contribution in [0, 0.1) is 5.92 Å². The topological polar surface area (TPSA) is 58.6 Å². The number of hydrogen-bond acceptors (Lipinski definition) is 4. The molecule has 21 heavy (non-hydrogen) atoms. The van der Waals surface area contributed by atoms with Gasteiger partial charge in [0.15, 0.2) is 0 Å². The van der Waals surface area contributed by atoms with Crippen molar-refractivity contribution in [3.05, 3.63) is 30.3 Å². The zero-order valence-electron chi connectivity index (χ0n) is 12.0. The molecule has 0 spiro atoms. The number of benzene rings is 1. The highest BCUT2D eigenvalue weighted by atomic mass is 16.5. The summed E-state index contributed by atoms with van der Waals surface area (Å²) in [4.78, 5) is 26.0. The largest absolute Gasteiger partial charge is 0.464 e. The second-order valence-corrected chi connectivity index (χ2v) is 5.64. The molecule has 1 aromatic rings. The molecule has 2 heterocycles. The highest BCUT2D eigenvalue weighted by Crippen LogP contribution is 2.24. The lowest BCUT2D eigenvalue weighted by molar-refractivity contribution is -0.142. The van der Waals surface area contributed by atoms with Gasteiger partial charge in [-0.15, -0.1) is 0 Å². The van der Waals surface area contributed by atoms with Crippen molar-refractivity contribution in [3.63, 3.8) is 0 Å². The van der Waals surface area contributed by atoms with Crippen LogP contribution in [0.5, 0.6) is 0 Å². The number of nitrogens with zero attached hydrogens (tertiary/aromatic N) is 1. The van der Waals surface area contributed by atoms with E-state index in [2.05, 4.69) is 10.2 Å². The fraction of sp³-hybridized carbons (Fsp3) is 0.500. The van der Waals surface area contributed by atoms with E-state index in [1.54, 1.807) is 0 Å². The van der Waals surface area contributed by atoms with Crippen molar-refractivity contribution >= 4 is 17.6 Å². The van der Waals surface area contributed by atoms with Crippen molar-refractivity contribution in [2.75, 3.05) is 25.0 Å². The van der Waals surface area contributed by atoms with Gasteiger partial charge in [-0.25, -0.2) is 0 Å². The lowest BCUT2D eigenvalue weighted by atomic mass is 9.94. The van der Waals surface area contributed by atoms with Crippen LogP contribution in [-0.4, -0.2) is 42.5 Å². The van der Waals surface area contributed by atoms with Crippen LogP contribution in [0.15, 0.2) is 30.3 Å². The van der Waals surface area contributed by atoms with Crippen LogP contribution in [0.1, 0.15) is 19.3 Å². The van der Waals surface area contributed by atoms with Gasteiger partial charge in [-0.3, -0.25) is 14.5 Å². The fourth-order valence-electron chi connectivity index (χ4n) is 3.06. The normalized spacial score (nSPS) is 23.8. The van der Waals surface area contributed by atoms with Crippen molar-refractivity contribution in [2.24, 2.45) is 5.92 Å². The van der Waals surface area contributed by atoms with E-state index in [1.807, 2.05) is 30.3 Å². The van der Waals surface area contributed by atoms with E-state index in [-0.39, 0.29) is 23.8 Å². The molecule has 1 amide bonds. The number of esters is 1. The predicted octanol–water partition coefficient (Wildman–Crippen LogP) is 1.65. The van der Waals surface area contributed by atoms with Crippen molar-refractivity contribution in [3.8, 4) is 0 Å². The lowest BCUT2D eigenvalue weighted by Crippen LogP contribution is -2.45. The Hall–Kier alpha value is -1.88. The molecule has 1 unspecified atom stereocenters. The number of cyclic esters (lactones) is 1. The number of rotatable bonds is 3. The number of piperidine rings is 1. The van der Waals surface area contributed by atoms with E-state index in [4.69, 9.17) is 4.74 Å². The molecule has 2 aliphatic heterocycles. The van der Waals surface area contributed by atoms with Crippen LogP contribution in [0.25, 0.3) is 0 Å². The van der Waals surface area contributed by atoms with Gasteiger partial charge in [0, 0.05) is 18.0 Å². The van der Waals surface area contributed by atoms with Gasteiger partial charge in [-0.1, -0.05) is 18.2 Å². The maximum atomic E-state index is 12.2. The quantitative estimate of drug-likeness (QED) is 0.859. The summed E-state index contributed by atoms with van der Waals surface area (Å²) < 4.78 is 5.01. The molecule has 0 bridgehead atoms. The van der Waals surface area contributed by atoms with Crippen LogP contribution in [0.2, 0.25) is 0 Å². The fourth-order valence-corrected chi connectivity index (χ4v) is 3.06. The number of ether oxygens (including phenoxy) is 1. The number of hydrogen-bond donors (Lipinski definition) is 1. The SMILES string of the molecule is O=C(Nc1ccccc1)C1CCN(C2CCOC2=O)CC1. The number of carbonyl (C=O) groups is 2. The summed E-state index contributed by atoms with van der Waals surface area (Å²) >= 11 is 0. The molecule has 1 N–H and O–H groups in total. The van der Waals surface area contributed by atoms with Gasteiger partial charge >= 0.3 is 5.97 Å². The van der Waals surface area contributed by atoms with E-state index in [1.165, 1.54) is 0 Å². The second-order valence-electron chi connectivity index (χ2n) is 5.64. The van der Waals surface area contributed by atoms with E-state index < -0.39 is 0 Å². The standard InChI is InChI=1S/C16H20N2O3/c19-15(17-13-4-2-1-3-5-13)12-6-9-18(10-7-12)14-8-11-21-16(14)20/h1-5,12,14H,6-11H2,(H,17,19). The average Bonchev–Trinajstić information content (AvgIpc) is 2.94. The molecule has 5 heteroatoms. The first-order chi connectivity index (χ1) is 10.2. The van der Waals surface area contributed by atoms with Crippen LogP contribution >= 0.6 is 0 Å². The van der Waals surface area contributed by atoms with Crippen molar-refractivity contribution in [2.45, 2.75) is 25.3 Å². The average molecular weight is 288 g/mol. The number of nitrogens with one attached hydrogen (secondary N) is 1. The molecule has 2 aliphatic rings. The van der Waals surface area contributed by atoms with Crippen molar-refractivity contribution in [1.82, 2.24) is 4.90 Å². The third kappa shape index (κ3) is 3.24. The summed E-state index contributed by atoms with van der Waals surface area (Å²) in [6, 6.07) is 9.43. The molecule has 112 valence electrons. The number of likely N-dealkylation sites (tertiary alicyclic amines) is 1. The van der Waals surface area contributed by atoms with Crippen LogP contribution < -0.4 is 5.32 Å². The third-order valence-electron chi connectivity index (χ3n) is 4.29. The van der Waals surface area contributed by atoms with E-state index in [0.717, 1.165) is 38.0 Å². The van der Waals surface area contributed by atoms with E-state index >= 15 is 0 Å². The summed E-state index contributed by atoms with van der Waals surface area (Å²) in [6.45, 7) is 2.09. The molecular weight excluding hydrogens is 268 g/mol. The molecule has 5 nitrogen and oxygen atoms in total. The lowest BCUT2D eigenvalue weighted by Gasteiger charge is -2.33. The third-order valence-corrected chi connectivity index (χ3v) is 4.29. The Morgan fingerprint density at radius 2 is 1.86 bits per heavy atom. The van der Waals surface area contributed by atoms with Crippen molar-refractivity contribution in [1.29, 1.82) is 0 Å². The van der Waals surface area contributed by atoms with Gasteiger partial charge < -0.3 is 10.1 Å². The minimum absolute atomic E-state index is 0.0267. The first-order valence-electron chi connectivity index (χ1n) is 7.50. The molecule has 0 aromatic heterocycles. The predicted molar refractivity (Wildman–Crippen MR) is 78.7 cm³/mol. The van der Waals surface area contributed by atoms with Crippen LogP contribution in [-0.2, 0) is 14.3 Å². The zero-order chi connectivity index (χ0) is 14.7. The minimum Gasteiger partial charge on any atom is -0.464 e. The molecule has 2 fully saturated rings.